The molecular formula is C11H21N3O. The van der Waals surface area contributed by atoms with Crippen LogP contribution in [0.3, 0.4) is 0 Å². The van der Waals surface area contributed by atoms with E-state index in [2.05, 4.69) is 36.4 Å². The molecule has 4 nitrogen and oxygen atoms in total. The normalized spacial score (nSPS) is 13.5. The van der Waals surface area contributed by atoms with Gasteiger partial charge in [-0.3, -0.25) is 0 Å². The maximum atomic E-state index is 5.11. The van der Waals surface area contributed by atoms with Gasteiger partial charge < -0.3 is 14.7 Å². The topological polar surface area (TPSA) is 41.3 Å². The van der Waals surface area contributed by atoms with E-state index in [-0.39, 0.29) is 0 Å². The molecule has 4 heteroatoms. The van der Waals surface area contributed by atoms with E-state index in [9.17, 15) is 0 Å². The molecule has 15 heavy (non-hydrogen) atoms. The fourth-order valence-electron chi connectivity index (χ4n) is 1.64. The van der Waals surface area contributed by atoms with Crippen LogP contribution in [0.2, 0.25) is 0 Å². The molecule has 1 atom stereocenters. The van der Waals surface area contributed by atoms with Gasteiger partial charge in [0.05, 0.1) is 5.69 Å². The van der Waals surface area contributed by atoms with Crippen LogP contribution in [0.1, 0.15) is 23.9 Å². The van der Waals surface area contributed by atoms with Gasteiger partial charge in [-0.15, -0.1) is 0 Å². The number of nitrogens with one attached hydrogen (secondary N) is 1. The minimum Gasteiger partial charge on any atom is -0.361 e. The van der Waals surface area contributed by atoms with Crippen LogP contribution in [0.25, 0.3) is 0 Å². The number of aryl methyl sites for hydroxylation is 2. The predicted octanol–water partition coefficient (Wildman–Crippen LogP) is 1.33. The first-order valence-corrected chi connectivity index (χ1v) is 5.30. The van der Waals surface area contributed by atoms with Gasteiger partial charge in [0.2, 0.25) is 0 Å². The van der Waals surface area contributed by atoms with E-state index in [0.29, 0.717) is 6.04 Å². The Balaban J connectivity index is 2.43. The van der Waals surface area contributed by atoms with Crippen molar-refractivity contribution in [3.63, 3.8) is 0 Å². The molecule has 0 aliphatic rings. The van der Waals surface area contributed by atoms with Crippen molar-refractivity contribution >= 4 is 0 Å². The molecule has 86 valence electrons. The Bertz CT molecular complexity index is 287. The van der Waals surface area contributed by atoms with Gasteiger partial charge in [0.15, 0.2) is 0 Å². The minimum absolute atomic E-state index is 0.466. The molecule has 1 aromatic heterocycles. The van der Waals surface area contributed by atoms with Gasteiger partial charge in [-0.05, 0) is 34.9 Å². The molecule has 0 saturated carbocycles. The van der Waals surface area contributed by atoms with Gasteiger partial charge in [-0.1, -0.05) is 5.16 Å². The lowest BCUT2D eigenvalue weighted by atomic mass is 10.2. The van der Waals surface area contributed by atoms with Gasteiger partial charge >= 0.3 is 0 Å². The van der Waals surface area contributed by atoms with Crippen LogP contribution in [0, 0.1) is 13.8 Å². The Hall–Kier alpha value is -0.870. The molecule has 1 rings (SSSR count). The molecule has 1 N–H and O–H groups in total. The van der Waals surface area contributed by atoms with E-state index in [0.717, 1.165) is 24.5 Å². The Morgan fingerprint density at radius 2 is 2.07 bits per heavy atom. The highest BCUT2D eigenvalue weighted by Crippen LogP contribution is 2.11. The van der Waals surface area contributed by atoms with Gasteiger partial charge in [0, 0.05) is 24.7 Å². The largest absolute Gasteiger partial charge is 0.361 e. The third kappa shape index (κ3) is 3.64. The highest BCUT2D eigenvalue weighted by Gasteiger charge is 2.10. The maximum Gasteiger partial charge on any atom is 0.138 e. The van der Waals surface area contributed by atoms with E-state index in [1.54, 1.807) is 0 Å². The SMILES string of the molecule is Cc1noc(C)c1CNC(C)CN(C)C. The molecule has 1 aromatic rings. The number of aromatic nitrogens is 1. The van der Waals surface area contributed by atoms with Crippen molar-refractivity contribution in [3.8, 4) is 0 Å². The zero-order chi connectivity index (χ0) is 11.4. The lowest BCUT2D eigenvalue weighted by Crippen LogP contribution is -2.35. The molecule has 1 unspecified atom stereocenters. The first-order valence-electron chi connectivity index (χ1n) is 5.30. The van der Waals surface area contributed by atoms with E-state index >= 15 is 0 Å². The molecule has 0 spiro atoms. The summed E-state index contributed by atoms with van der Waals surface area (Å²) in [6, 6.07) is 0.466. The van der Waals surface area contributed by atoms with Crippen molar-refractivity contribution < 1.29 is 4.52 Å². The average molecular weight is 211 g/mol. The molecule has 0 radical (unpaired) electrons. The van der Waals surface area contributed by atoms with Gasteiger partial charge in [0.25, 0.3) is 0 Å². The second-order valence-electron chi connectivity index (χ2n) is 4.35. The molecule has 0 saturated heterocycles. The summed E-state index contributed by atoms with van der Waals surface area (Å²) in [7, 11) is 4.15. The molecule has 0 aliphatic carbocycles. The number of rotatable bonds is 5. The van der Waals surface area contributed by atoms with Gasteiger partial charge in [-0.25, -0.2) is 0 Å². The molecule has 1 heterocycles. The van der Waals surface area contributed by atoms with Gasteiger partial charge in [-0.2, -0.15) is 0 Å². The zero-order valence-corrected chi connectivity index (χ0v) is 10.3. The van der Waals surface area contributed by atoms with E-state index in [1.807, 2.05) is 13.8 Å². The van der Waals surface area contributed by atoms with Crippen molar-refractivity contribution in [3.05, 3.63) is 17.0 Å². The molecule has 0 fully saturated rings. The minimum atomic E-state index is 0.466. The van der Waals surface area contributed by atoms with Crippen LogP contribution in [-0.2, 0) is 6.54 Å². The number of hydrogen-bond acceptors (Lipinski definition) is 4. The van der Waals surface area contributed by atoms with Crippen molar-refractivity contribution in [2.75, 3.05) is 20.6 Å². The maximum absolute atomic E-state index is 5.11. The van der Waals surface area contributed by atoms with Crippen LogP contribution in [0.5, 0.6) is 0 Å². The number of hydrogen-bond donors (Lipinski definition) is 1. The van der Waals surface area contributed by atoms with Crippen LogP contribution >= 0.6 is 0 Å². The third-order valence-electron chi connectivity index (χ3n) is 2.45. The van der Waals surface area contributed by atoms with Crippen LogP contribution < -0.4 is 5.32 Å². The summed E-state index contributed by atoms with van der Waals surface area (Å²) in [5.74, 6) is 0.914. The van der Waals surface area contributed by atoms with E-state index in [4.69, 9.17) is 4.52 Å². The highest BCUT2D eigenvalue weighted by molar-refractivity contribution is 5.20. The summed E-state index contributed by atoms with van der Waals surface area (Å²) < 4.78 is 5.11. The zero-order valence-electron chi connectivity index (χ0n) is 10.3. The number of likely N-dealkylation sites (N-methyl/N-ethyl adjacent to an activating group) is 1. The quantitative estimate of drug-likeness (QED) is 0.798. The smallest absolute Gasteiger partial charge is 0.138 e. The van der Waals surface area contributed by atoms with Crippen LogP contribution in [0.4, 0.5) is 0 Å². The van der Waals surface area contributed by atoms with Crippen LogP contribution in [0.15, 0.2) is 4.52 Å². The summed E-state index contributed by atoms with van der Waals surface area (Å²) in [6.07, 6.45) is 0. The van der Waals surface area contributed by atoms with Crippen molar-refractivity contribution in [1.29, 1.82) is 0 Å². The predicted molar refractivity (Wildman–Crippen MR) is 60.8 cm³/mol. The Morgan fingerprint density at radius 3 is 2.53 bits per heavy atom. The highest BCUT2D eigenvalue weighted by atomic mass is 16.5. The Morgan fingerprint density at radius 1 is 1.40 bits per heavy atom. The van der Waals surface area contributed by atoms with E-state index < -0.39 is 0 Å². The fraction of sp³-hybridized carbons (Fsp3) is 0.727. The summed E-state index contributed by atoms with van der Waals surface area (Å²) in [4.78, 5) is 2.17. The third-order valence-corrected chi connectivity index (χ3v) is 2.45. The lowest BCUT2D eigenvalue weighted by Gasteiger charge is -2.18. The molecule has 0 bridgehead atoms. The summed E-state index contributed by atoms with van der Waals surface area (Å²) in [5, 5.41) is 7.39. The second-order valence-corrected chi connectivity index (χ2v) is 4.35. The average Bonchev–Trinajstić information content (AvgIpc) is 2.42. The molecule has 0 aromatic carbocycles. The second kappa shape index (κ2) is 5.28. The monoisotopic (exact) mass is 211 g/mol. The Kier molecular flexibility index (Phi) is 4.29. The summed E-state index contributed by atoms with van der Waals surface area (Å²) >= 11 is 0. The van der Waals surface area contributed by atoms with Crippen LogP contribution in [-0.4, -0.2) is 36.7 Å². The molecule has 0 aliphatic heterocycles. The summed E-state index contributed by atoms with van der Waals surface area (Å²) in [5.41, 5.74) is 2.16. The first-order chi connectivity index (χ1) is 7.00. The fourth-order valence-corrected chi connectivity index (χ4v) is 1.64. The van der Waals surface area contributed by atoms with Crippen molar-refractivity contribution in [1.82, 2.24) is 15.4 Å². The standard InChI is InChI=1S/C11H21N3O/c1-8(7-14(4)5)12-6-11-9(2)13-15-10(11)3/h8,12H,6-7H2,1-5H3. The summed E-state index contributed by atoms with van der Waals surface area (Å²) in [6.45, 7) is 7.97. The molecular weight excluding hydrogens is 190 g/mol. The lowest BCUT2D eigenvalue weighted by molar-refractivity contribution is 0.348. The molecule has 0 amide bonds. The first kappa shape index (κ1) is 12.2. The Labute approximate surface area is 91.6 Å². The van der Waals surface area contributed by atoms with Crippen molar-refractivity contribution in [2.45, 2.75) is 33.4 Å². The van der Waals surface area contributed by atoms with Gasteiger partial charge in [0.1, 0.15) is 5.76 Å². The van der Waals surface area contributed by atoms with Crippen molar-refractivity contribution in [2.24, 2.45) is 0 Å². The number of nitrogens with zero attached hydrogens (tertiary/aromatic N) is 2. The van der Waals surface area contributed by atoms with E-state index in [1.165, 1.54) is 5.56 Å².